The molecule has 1 aromatic carbocycles. The Labute approximate surface area is 123 Å². The van der Waals surface area contributed by atoms with E-state index in [2.05, 4.69) is 28.6 Å². The number of nitrogens with zero attached hydrogens (tertiary/aromatic N) is 2. The minimum atomic E-state index is 0.115. The summed E-state index contributed by atoms with van der Waals surface area (Å²) in [7, 11) is 6.14. The van der Waals surface area contributed by atoms with Crippen molar-refractivity contribution in [3.05, 3.63) is 29.8 Å². The SMILES string of the molecule is CN(C)CC1CCSc2c(c3ccccc3n2C)C1=O. The van der Waals surface area contributed by atoms with Gasteiger partial charge in [-0.25, -0.2) is 0 Å². The summed E-state index contributed by atoms with van der Waals surface area (Å²) >= 11 is 1.82. The molecule has 0 bridgehead atoms. The highest BCUT2D eigenvalue weighted by Gasteiger charge is 2.30. The van der Waals surface area contributed by atoms with Gasteiger partial charge in [0.05, 0.1) is 10.6 Å². The van der Waals surface area contributed by atoms with Crippen molar-refractivity contribution in [1.82, 2.24) is 9.47 Å². The molecule has 0 radical (unpaired) electrons. The number of fused-ring (bicyclic) bond motifs is 3. The van der Waals surface area contributed by atoms with E-state index in [1.165, 1.54) is 0 Å². The Balaban J connectivity index is 2.15. The first-order chi connectivity index (χ1) is 9.59. The number of thioether (sulfide) groups is 1. The number of benzene rings is 1. The lowest BCUT2D eigenvalue weighted by Gasteiger charge is -2.17. The summed E-state index contributed by atoms with van der Waals surface area (Å²) in [4.78, 5) is 15.1. The van der Waals surface area contributed by atoms with Gasteiger partial charge in [0, 0.05) is 36.2 Å². The Morgan fingerprint density at radius 2 is 2.10 bits per heavy atom. The third-order valence-corrected chi connectivity index (χ3v) is 5.15. The molecule has 4 heteroatoms. The Bertz CT molecular complexity index is 660. The maximum absolute atomic E-state index is 12.9. The molecule has 106 valence electrons. The van der Waals surface area contributed by atoms with Crippen LogP contribution in [0.3, 0.4) is 0 Å². The van der Waals surface area contributed by atoms with Crippen molar-refractivity contribution in [2.75, 3.05) is 26.4 Å². The van der Waals surface area contributed by atoms with Crippen LogP contribution in [0.2, 0.25) is 0 Å². The Kier molecular flexibility index (Phi) is 3.61. The van der Waals surface area contributed by atoms with E-state index in [4.69, 9.17) is 0 Å². The Morgan fingerprint density at radius 3 is 2.85 bits per heavy atom. The molecule has 3 rings (SSSR count). The van der Waals surface area contributed by atoms with Crippen LogP contribution in [0.5, 0.6) is 0 Å². The predicted molar refractivity (Wildman–Crippen MR) is 84.6 cm³/mol. The maximum Gasteiger partial charge on any atom is 0.170 e. The number of rotatable bonds is 2. The molecule has 1 aromatic heterocycles. The lowest BCUT2D eigenvalue weighted by molar-refractivity contribution is 0.0894. The zero-order chi connectivity index (χ0) is 14.3. The number of ketones is 1. The molecule has 2 heterocycles. The fourth-order valence-electron chi connectivity index (χ4n) is 3.02. The monoisotopic (exact) mass is 288 g/mol. The molecule has 1 unspecified atom stereocenters. The predicted octanol–water partition coefficient (Wildman–Crippen LogP) is 3.03. The Hall–Kier alpha value is -1.26. The van der Waals surface area contributed by atoms with Crippen LogP contribution < -0.4 is 0 Å². The second-order valence-corrected chi connectivity index (χ2v) is 6.80. The molecule has 1 aliphatic heterocycles. The zero-order valence-corrected chi connectivity index (χ0v) is 13.0. The van der Waals surface area contributed by atoms with Gasteiger partial charge >= 0.3 is 0 Å². The van der Waals surface area contributed by atoms with E-state index in [0.29, 0.717) is 5.78 Å². The highest BCUT2D eigenvalue weighted by Crippen LogP contribution is 2.38. The van der Waals surface area contributed by atoms with Crippen molar-refractivity contribution in [2.45, 2.75) is 11.4 Å². The van der Waals surface area contributed by atoms with Crippen LogP contribution >= 0.6 is 11.8 Å². The number of aromatic nitrogens is 1. The van der Waals surface area contributed by atoms with Crippen molar-refractivity contribution < 1.29 is 4.79 Å². The van der Waals surface area contributed by atoms with Crippen LogP contribution in [0, 0.1) is 5.92 Å². The topological polar surface area (TPSA) is 25.2 Å². The first kappa shape index (κ1) is 13.7. The smallest absolute Gasteiger partial charge is 0.170 e. The fourth-order valence-corrected chi connectivity index (χ4v) is 4.27. The van der Waals surface area contributed by atoms with Gasteiger partial charge in [-0.3, -0.25) is 4.79 Å². The summed E-state index contributed by atoms with van der Waals surface area (Å²) in [5.74, 6) is 1.45. The zero-order valence-electron chi connectivity index (χ0n) is 12.2. The third-order valence-electron chi connectivity index (χ3n) is 3.96. The third kappa shape index (κ3) is 2.17. The van der Waals surface area contributed by atoms with Crippen LogP contribution in [0.15, 0.2) is 29.3 Å². The second kappa shape index (κ2) is 5.26. The van der Waals surface area contributed by atoms with Crippen LogP contribution in [0.25, 0.3) is 10.9 Å². The quantitative estimate of drug-likeness (QED) is 0.849. The van der Waals surface area contributed by atoms with Crippen LogP contribution in [-0.4, -0.2) is 41.6 Å². The molecule has 3 nitrogen and oxygen atoms in total. The molecule has 2 aromatic rings. The van der Waals surface area contributed by atoms with Crippen LogP contribution in [0.4, 0.5) is 0 Å². The van der Waals surface area contributed by atoms with E-state index in [-0.39, 0.29) is 5.92 Å². The number of carbonyl (C=O) groups is 1. The minimum Gasteiger partial charge on any atom is -0.338 e. The summed E-state index contributed by atoms with van der Waals surface area (Å²) in [5.41, 5.74) is 2.10. The molecular weight excluding hydrogens is 268 g/mol. The van der Waals surface area contributed by atoms with Crippen molar-refractivity contribution >= 4 is 28.4 Å². The minimum absolute atomic E-state index is 0.115. The maximum atomic E-state index is 12.9. The molecule has 1 atom stereocenters. The van der Waals surface area contributed by atoms with Crippen molar-refractivity contribution in [3.8, 4) is 0 Å². The van der Waals surface area contributed by atoms with Crippen LogP contribution in [0.1, 0.15) is 16.8 Å². The van der Waals surface area contributed by atoms with E-state index in [1.807, 2.05) is 38.0 Å². The summed E-state index contributed by atoms with van der Waals surface area (Å²) in [6.07, 6.45) is 0.963. The first-order valence-corrected chi connectivity index (χ1v) is 7.97. The van der Waals surface area contributed by atoms with Crippen molar-refractivity contribution in [3.63, 3.8) is 0 Å². The second-order valence-electron chi connectivity index (χ2n) is 5.72. The number of hydrogen-bond acceptors (Lipinski definition) is 3. The van der Waals surface area contributed by atoms with E-state index >= 15 is 0 Å². The molecule has 0 amide bonds. The molecule has 0 aliphatic carbocycles. The van der Waals surface area contributed by atoms with Gasteiger partial charge in [-0.05, 0) is 26.6 Å². The average Bonchev–Trinajstić information content (AvgIpc) is 2.59. The normalized spacial score (nSPS) is 19.4. The summed E-state index contributed by atoms with van der Waals surface area (Å²) < 4.78 is 2.17. The highest BCUT2D eigenvalue weighted by molar-refractivity contribution is 7.99. The van der Waals surface area contributed by atoms with E-state index < -0.39 is 0 Å². The van der Waals surface area contributed by atoms with Gasteiger partial charge in [-0.2, -0.15) is 0 Å². The average molecular weight is 288 g/mol. The van der Waals surface area contributed by atoms with Crippen molar-refractivity contribution in [2.24, 2.45) is 13.0 Å². The number of carbonyl (C=O) groups excluding carboxylic acids is 1. The van der Waals surface area contributed by atoms with E-state index in [0.717, 1.165) is 40.2 Å². The van der Waals surface area contributed by atoms with Gasteiger partial charge in [-0.15, -0.1) is 11.8 Å². The van der Waals surface area contributed by atoms with Gasteiger partial charge in [-0.1, -0.05) is 18.2 Å². The molecule has 0 N–H and O–H groups in total. The number of para-hydroxylation sites is 1. The van der Waals surface area contributed by atoms with E-state index in [9.17, 15) is 4.79 Å². The molecular formula is C16H20N2OS. The summed E-state index contributed by atoms with van der Waals surface area (Å²) in [5, 5.41) is 2.24. The lowest BCUT2D eigenvalue weighted by atomic mass is 9.94. The first-order valence-electron chi connectivity index (χ1n) is 6.98. The van der Waals surface area contributed by atoms with Gasteiger partial charge in [0.1, 0.15) is 0 Å². The summed E-state index contributed by atoms with van der Waals surface area (Å²) in [6.45, 7) is 0.835. The number of hydrogen-bond donors (Lipinski definition) is 0. The van der Waals surface area contributed by atoms with Gasteiger partial charge in [0.2, 0.25) is 0 Å². The fraction of sp³-hybridized carbons (Fsp3) is 0.438. The molecule has 20 heavy (non-hydrogen) atoms. The molecule has 0 saturated carbocycles. The number of Topliss-reactive ketones (excluding diaryl/α,β-unsaturated/α-hetero) is 1. The lowest BCUT2D eigenvalue weighted by Crippen LogP contribution is -2.27. The highest BCUT2D eigenvalue weighted by atomic mass is 32.2. The summed E-state index contributed by atoms with van der Waals surface area (Å²) in [6, 6.07) is 8.23. The molecule has 1 aliphatic rings. The standard InChI is InChI=1S/C16H20N2OS/c1-17(2)10-11-8-9-20-16-14(15(11)19)12-6-4-5-7-13(12)18(16)3/h4-7,11H,8-10H2,1-3H3. The van der Waals surface area contributed by atoms with Gasteiger partial charge in [0.25, 0.3) is 0 Å². The molecule has 0 fully saturated rings. The largest absolute Gasteiger partial charge is 0.338 e. The van der Waals surface area contributed by atoms with Crippen molar-refractivity contribution in [1.29, 1.82) is 0 Å². The van der Waals surface area contributed by atoms with Gasteiger partial charge < -0.3 is 9.47 Å². The molecule has 0 spiro atoms. The Morgan fingerprint density at radius 1 is 1.35 bits per heavy atom. The number of aryl methyl sites for hydroxylation is 1. The van der Waals surface area contributed by atoms with Gasteiger partial charge in [0.15, 0.2) is 5.78 Å². The molecule has 0 saturated heterocycles. The van der Waals surface area contributed by atoms with Crippen LogP contribution in [-0.2, 0) is 7.05 Å². The van der Waals surface area contributed by atoms with E-state index in [1.54, 1.807) is 0 Å².